The van der Waals surface area contributed by atoms with Crippen LogP contribution in [0.4, 0.5) is 0 Å². The van der Waals surface area contributed by atoms with E-state index >= 15 is 0 Å². The molecule has 0 unspecified atom stereocenters. The zero-order valence-corrected chi connectivity index (χ0v) is 14.9. The zero-order chi connectivity index (χ0) is 18.0. The molecule has 0 aliphatic heterocycles. The third kappa shape index (κ3) is 3.33. The number of hydrogen-bond donors (Lipinski definition) is 2. The van der Waals surface area contributed by atoms with Crippen LogP contribution in [0.15, 0.2) is 28.2 Å². The lowest BCUT2D eigenvalue weighted by Gasteiger charge is -2.11. The van der Waals surface area contributed by atoms with Gasteiger partial charge in [0.2, 0.25) is 0 Å². The maximum atomic E-state index is 9.62. The zero-order valence-electron chi connectivity index (χ0n) is 14.1. The highest BCUT2D eigenvalue weighted by atomic mass is 35.5. The van der Waals surface area contributed by atoms with E-state index in [-0.39, 0.29) is 10.8 Å². The third-order valence-electron chi connectivity index (χ3n) is 3.73. The Morgan fingerprint density at radius 2 is 2.00 bits per heavy atom. The topological polar surface area (TPSA) is 88.8 Å². The maximum Gasteiger partial charge on any atom is 0.181 e. The molecule has 1 aromatic carbocycles. The SMILES string of the molecule is C=N/C(=C(\N=C(C)N)n1nc(C)c(C)c1C)c1ccc(O)c(Cl)c1. The number of amidine groups is 1. The minimum atomic E-state index is -0.00848. The molecule has 6 nitrogen and oxygen atoms in total. The van der Waals surface area contributed by atoms with Gasteiger partial charge in [0, 0.05) is 11.3 Å². The van der Waals surface area contributed by atoms with E-state index in [0.717, 1.165) is 17.0 Å². The largest absolute Gasteiger partial charge is 0.506 e. The molecule has 0 saturated carbocycles. The summed E-state index contributed by atoms with van der Waals surface area (Å²) in [6.45, 7) is 11.2. The molecule has 0 atom stereocenters. The van der Waals surface area contributed by atoms with Crippen molar-refractivity contribution in [2.75, 3.05) is 0 Å². The molecule has 0 bridgehead atoms. The van der Waals surface area contributed by atoms with Crippen molar-refractivity contribution in [1.82, 2.24) is 9.78 Å². The van der Waals surface area contributed by atoms with E-state index in [1.54, 1.807) is 23.7 Å². The van der Waals surface area contributed by atoms with Crippen LogP contribution in [0.25, 0.3) is 11.5 Å². The number of aliphatic imine (C=N–C) groups is 2. The lowest BCUT2D eigenvalue weighted by molar-refractivity contribution is 0.475. The Morgan fingerprint density at radius 1 is 1.33 bits per heavy atom. The standard InChI is InChI=1S/C17H20ClN5O/c1-9-10(2)22-23(11(9)3)17(21-12(4)19)16(20-5)13-6-7-15(24)14(18)8-13/h6-8,24H,5H2,1-4H3,(H2,19,21)/b17-16+. The number of rotatable bonds is 4. The average molecular weight is 346 g/mol. The summed E-state index contributed by atoms with van der Waals surface area (Å²) in [6.07, 6.45) is 0. The summed E-state index contributed by atoms with van der Waals surface area (Å²) < 4.78 is 1.69. The molecular formula is C17H20ClN5O. The number of aryl methyl sites for hydroxylation is 1. The minimum Gasteiger partial charge on any atom is -0.506 e. The minimum absolute atomic E-state index is 0.00848. The molecule has 2 rings (SSSR count). The molecular weight excluding hydrogens is 326 g/mol. The van der Waals surface area contributed by atoms with E-state index in [0.29, 0.717) is 22.9 Å². The number of phenols is 1. The predicted octanol–water partition coefficient (Wildman–Crippen LogP) is 3.53. The highest BCUT2D eigenvalue weighted by Gasteiger charge is 2.17. The van der Waals surface area contributed by atoms with Gasteiger partial charge in [0.05, 0.1) is 16.6 Å². The van der Waals surface area contributed by atoms with Crippen molar-refractivity contribution in [3.63, 3.8) is 0 Å². The number of aromatic hydroxyl groups is 1. The average Bonchev–Trinajstić information content (AvgIpc) is 2.77. The molecule has 1 heterocycles. The summed E-state index contributed by atoms with van der Waals surface area (Å²) in [5.41, 5.74) is 9.79. The van der Waals surface area contributed by atoms with Gasteiger partial charge in [0.25, 0.3) is 0 Å². The van der Waals surface area contributed by atoms with Gasteiger partial charge < -0.3 is 10.8 Å². The number of benzene rings is 1. The highest BCUT2D eigenvalue weighted by Crippen LogP contribution is 2.31. The van der Waals surface area contributed by atoms with Crippen molar-refractivity contribution in [1.29, 1.82) is 0 Å². The van der Waals surface area contributed by atoms with E-state index in [1.165, 1.54) is 6.07 Å². The van der Waals surface area contributed by atoms with Gasteiger partial charge in [0.1, 0.15) is 11.4 Å². The maximum absolute atomic E-state index is 9.62. The Kier molecular flexibility index (Phi) is 5.09. The Morgan fingerprint density at radius 3 is 2.46 bits per heavy atom. The van der Waals surface area contributed by atoms with Gasteiger partial charge in [-0.25, -0.2) is 9.67 Å². The molecule has 3 N–H and O–H groups in total. The van der Waals surface area contributed by atoms with Crippen LogP contribution in [0, 0.1) is 20.8 Å². The summed E-state index contributed by atoms with van der Waals surface area (Å²) in [5, 5.41) is 14.4. The normalized spacial score (nSPS) is 13.0. The first-order valence-electron chi connectivity index (χ1n) is 7.30. The lowest BCUT2D eigenvalue weighted by atomic mass is 10.1. The Bertz CT molecular complexity index is 860. The fraction of sp³-hybridized carbons (Fsp3) is 0.235. The molecule has 126 valence electrons. The number of phenolic OH excluding ortho intramolecular Hbond substituents is 1. The molecule has 2 aromatic rings. The van der Waals surface area contributed by atoms with Gasteiger partial charge in [-0.1, -0.05) is 11.6 Å². The summed E-state index contributed by atoms with van der Waals surface area (Å²) >= 11 is 6.01. The number of nitrogens with two attached hydrogens (primary N) is 1. The summed E-state index contributed by atoms with van der Waals surface area (Å²) in [5.74, 6) is 0.799. The van der Waals surface area contributed by atoms with Crippen molar-refractivity contribution in [3.05, 3.63) is 45.7 Å². The Hall–Kier alpha value is -2.60. The smallest absolute Gasteiger partial charge is 0.181 e. The molecule has 0 radical (unpaired) electrons. The molecule has 7 heteroatoms. The van der Waals surface area contributed by atoms with Crippen molar-refractivity contribution < 1.29 is 5.11 Å². The summed E-state index contributed by atoms with van der Waals surface area (Å²) in [6, 6.07) is 4.78. The highest BCUT2D eigenvalue weighted by molar-refractivity contribution is 6.32. The van der Waals surface area contributed by atoms with Crippen LogP contribution in [0.1, 0.15) is 29.4 Å². The fourth-order valence-corrected chi connectivity index (χ4v) is 2.42. The van der Waals surface area contributed by atoms with Gasteiger partial charge >= 0.3 is 0 Å². The van der Waals surface area contributed by atoms with Crippen molar-refractivity contribution in [2.24, 2.45) is 15.7 Å². The van der Waals surface area contributed by atoms with Crippen LogP contribution in [0.5, 0.6) is 5.75 Å². The number of nitrogens with zero attached hydrogens (tertiary/aromatic N) is 4. The van der Waals surface area contributed by atoms with Gasteiger partial charge in [-0.2, -0.15) is 5.10 Å². The molecule has 0 saturated heterocycles. The molecule has 0 fully saturated rings. The quantitative estimate of drug-likeness (QED) is 0.656. The van der Waals surface area contributed by atoms with Crippen LogP contribution < -0.4 is 5.73 Å². The van der Waals surface area contributed by atoms with Crippen LogP contribution in [-0.4, -0.2) is 27.4 Å². The van der Waals surface area contributed by atoms with E-state index in [4.69, 9.17) is 17.3 Å². The second-order valence-electron chi connectivity index (χ2n) is 5.46. The molecule has 0 spiro atoms. The summed E-state index contributed by atoms with van der Waals surface area (Å²) in [7, 11) is 0. The number of aromatic nitrogens is 2. The van der Waals surface area contributed by atoms with E-state index < -0.39 is 0 Å². The first-order chi connectivity index (χ1) is 11.3. The van der Waals surface area contributed by atoms with Crippen LogP contribution in [0.3, 0.4) is 0 Å². The Balaban J connectivity index is 2.81. The molecule has 0 amide bonds. The van der Waals surface area contributed by atoms with Crippen LogP contribution in [-0.2, 0) is 0 Å². The van der Waals surface area contributed by atoms with Crippen LogP contribution >= 0.6 is 11.6 Å². The molecule has 0 aliphatic carbocycles. The van der Waals surface area contributed by atoms with Crippen LogP contribution in [0.2, 0.25) is 5.02 Å². The molecule has 24 heavy (non-hydrogen) atoms. The number of halogens is 1. The van der Waals surface area contributed by atoms with Crippen molar-refractivity contribution in [3.8, 4) is 5.75 Å². The van der Waals surface area contributed by atoms with Gasteiger partial charge in [-0.3, -0.25) is 4.99 Å². The van der Waals surface area contributed by atoms with Gasteiger partial charge in [-0.05, 0) is 58.2 Å². The predicted molar refractivity (Wildman–Crippen MR) is 99.5 cm³/mol. The summed E-state index contributed by atoms with van der Waals surface area (Å²) in [4.78, 5) is 8.50. The monoisotopic (exact) mass is 345 g/mol. The van der Waals surface area contributed by atoms with E-state index in [9.17, 15) is 5.11 Å². The first-order valence-corrected chi connectivity index (χ1v) is 7.68. The number of hydrogen-bond acceptors (Lipinski definition) is 4. The van der Waals surface area contributed by atoms with E-state index in [1.807, 2.05) is 20.8 Å². The third-order valence-corrected chi connectivity index (χ3v) is 4.03. The van der Waals surface area contributed by atoms with Crippen molar-refractivity contribution >= 4 is 35.7 Å². The first kappa shape index (κ1) is 17.7. The van der Waals surface area contributed by atoms with E-state index in [2.05, 4.69) is 21.8 Å². The fourth-order valence-electron chi connectivity index (χ4n) is 2.24. The second-order valence-corrected chi connectivity index (χ2v) is 5.86. The molecule has 0 aliphatic rings. The van der Waals surface area contributed by atoms with Crippen molar-refractivity contribution in [2.45, 2.75) is 27.7 Å². The van der Waals surface area contributed by atoms with Gasteiger partial charge in [-0.15, -0.1) is 0 Å². The Labute approximate surface area is 146 Å². The van der Waals surface area contributed by atoms with Gasteiger partial charge in [0.15, 0.2) is 5.82 Å². The second kappa shape index (κ2) is 6.88. The molecule has 1 aromatic heterocycles. The lowest BCUT2D eigenvalue weighted by Crippen LogP contribution is -2.10.